The molecule has 1 aromatic rings. The number of benzene rings is 1. The first-order valence-electron chi connectivity index (χ1n) is 9.39. The predicted molar refractivity (Wildman–Crippen MR) is 96.7 cm³/mol. The van der Waals surface area contributed by atoms with Gasteiger partial charge in [-0.05, 0) is 31.4 Å². The monoisotopic (exact) mass is 367 g/mol. The minimum absolute atomic E-state index is 0. The summed E-state index contributed by atoms with van der Waals surface area (Å²) in [6.45, 7) is 3.70. The maximum atomic E-state index is 12.8. The van der Waals surface area contributed by atoms with Crippen LogP contribution in [0.15, 0.2) is 24.3 Å². The molecule has 136 valence electrons. The third-order valence-electron chi connectivity index (χ3n) is 4.85. The van der Waals surface area contributed by atoms with Crippen LogP contribution in [-0.4, -0.2) is 17.5 Å². The zero-order valence-electron chi connectivity index (χ0n) is 16.3. The number of hydrogen-bond donors (Lipinski definition) is 0. The molecule has 0 N–H and O–H groups in total. The Balaban J connectivity index is 0.00000338. The number of rotatable bonds is 10. The Bertz CT molecular complexity index is 626. The first kappa shape index (κ1) is 23.1. The van der Waals surface area contributed by atoms with Gasteiger partial charge < -0.3 is 9.53 Å². The van der Waals surface area contributed by atoms with E-state index >= 15 is 0 Å². The van der Waals surface area contributed by atoms with Crippen molar-refractivity contribution in [3.8, 4) is 5.75 Å². The fraction of sp³-hybridized carbons (Fsp3) is 0.571. The van der Waals surface area contributed by atoms with Crippen LogP contribution >= 0.6 is 0 Å². The largest absolute Gasteiger partial charge is 1.00 e. The third-order valence-corrected chi connectivity index (χ3v) is 4.85. The molecule has 1 heterocycles. The Kier molecular flexibility index (Phi) is 10.4. The van der Waals surface area contributed by atoms with Crippen LogP contribution in [0.1, 0.15) is 75.6 Å². The van der Waals surface area contributed by atoms with E-state index in [1.165, 1.54) is 26.2 Å². The van der Waals surface area contributed by atoms with Crippen LogP contribution in [0.2, 0.25) is 0 Å². The molecule has 0 fully saturated rings. The van der Waals surface area contributed by atoms with E-state index in [9.17, 15) is 14.4 Å². The molecule has 0 aromatic heterocycles. The Labute approximate surface area is 178 Å². The van der Waals surface area contributed by atoms with Crippen LogP contribution in [0.5, 0.6) is 5.75 Å². The summed E-state index contributed by atoms with van der Waals surface area (Å²) in [5, 5.41) is 0. The van der Waals surface area contributed by atoms with Crippen molar-refractivity contribution in [3.05, 3.63) is 29.8 Å². The van der Waals surface area contributed by atoms with Crippen molar-refractivity contribution in [1.82, 2.24) is 0 Å². The minimum atomic E-state index is -0.852. The summed E-state index contributed by atoms with van der Waals surface area (Å²) in [5.74, 6) is -1.50. The molecule has 0 saturated carbocycles. The minimum Gasteiger partial charge on any atom is -0.425 e. The van der Waals surface area contributed by atoms with Gasteiger partial charge in [0.05, 0.1) is 5.56 Å². The molecule has 5 heteroatoms. The second-order valence-electron chi connectivity index (χ2n) is 6.98. The summed E-state index contributed by atoms with van der Waals surface area (Å²) in [6, 6.07) is 6.82. The topological polar surface area (TPSA) is 60.4 Å². The second kappa shape index (κ2) is 11.7. The number of ketones is 2. The molecule has 1 aliphatic rings. The molecular formula is C21H28NaO4+. The van der Waals surface area contributed by atoms with E-state index in [-0.39, 0.29) is 53.5 Å². The Morgan fingerprint density at radius 1 is 1.08 bits per heavy atom. The van der Waals surface area contributed by atoms with Crippen LogP contribution in [-0.2, 0) is 9.59 Å². The molecule has 4 nitrogen and oxygen atoms in total. The summed E-state index contributed by atoms with van der Waals surface area (Å²) in [4.78, 5) is 36.9. The Morgan fingerprint density at radius 3 is 2.42 bits per heavy atom. The van der Waals surface area contributed by atoms with E-state index in [2.05, 4.69) is 6.92 Å². The number of carbonyl (C=O) groups is 3. The van der Waals surface area contributed by atoms with Crippen molar-refractivity contribution >= 4 is 17.5 Å². The van der Waals surface area contributed by atoms with E-state index in [1.807, 2.05) is 0 Å². The average Bonchev–Trinajstić information content (AvgIpc) is 2.57. The van der Waals surface area contributed by atoms with Crippen LogP contribution in [0.25, 0.3) is 0 Å². The van der Waals surface area contributed by atoms with Crippen molar-refractivity contribution in [2.75, 3.05) is 0 Å². The number of unbranched alkanes of at least 4 members (excludes halogenated alkanes) is 5. The SMILES string of the molecule is CCCCCCCCC(CC(C)=O)C1C(=O)Oc2ccccc2C1=O.[Na+]. The number of Topliss-reactive ketones (excluding diaryl/α,β-unsaturated/α-hetero) is 2. The van der Waals surface area contributed by atoms with Crippen molar-refractivity contribution in [2.45, 2.75) is 65.2 Å². The number of para-hydroxylation sites is 1. The van der Waals surface area contributed by atoms with Crippen molar-refractivity contribution in [3.63, 3.8) is 0 Å². The maximum absolute atomic E-state index is 12.8. The summed E-state index contributed by atoms with van der Waals surface area (Å²) >= 11 is 0. The molecule has 26 heavy (non-hydrogen) atoms. The van der Waals surface area contributed by atoms with Gasteiger partial charge in [0, 0.05) is 6.42 Å². The van der Waals surface area contributed by atoms with Crippen molar-refractivity contribution < 1.29 is 48.7 Å². The zero-order chi connectivity index (χ0) is 18.2. The molecule has 2 atom stereocenters. The van der Waals surface area contributed by atoms with Gasteiger partial charge in [0.25, 0.3) is 0 Å². The first-order valence-corrected chi connectivity index (χ1v) is 9.39. The van der Waals surface area contributed by atoms with Gasteiger partial charge in [-0.2, -0.15) is 0 Å². The van der Waals surface area contributed by atoms with E-state index in [4.69, 9.17) is 4.74 Å². The van der Waals surface area contributed by atoms with Gasteiger partial charge in [0.2, 0.25) is 0 Å². The van der Waals surface area contributed by atoms with Gasteiger partial charge >= 0.3 is 35.5 Å². The normalized spacial score (nSPS) is 17.1. The fourth-order valence-corrected chi connectivity index (χ4v) is 3.55. The number of hydrogen-bond acceptors (Lipinski definition) is 4. The third kappa shape index (κ3) is 6.33. The van der Waals surface area contributed by atoms with Gasteiger partial charge in [0.15, 0.2) is 5.78 Å². The summed E-state index contributed by atoms with van der Waals surface area (Å²) < 4.78 is 5.37. The molecule has 2 rings (SSSR count). The standard InChI is InChI=1S/C21H28O4.Na/c1-3-4-5-6-7-8-11-16(14-15(2)22)19-20(23)17-12-9-10-13-18(17)25-21(19)24;/h9-10,12-13,16,19H,3-8,11,14H2,1-2H3;/q;+1. The van der Waals surface area contributed by atoms with Crippen LogP contribution < -0.4 is 34.3 Å². The van der Waals surface area contributed by atoms with Gasteiger partial charge in [-0.15, -0.1) is 0 Å². The van der Waals surface area contributed by atoms with Crippen molar-refractivity contribution in [1.29, 1.82) is 0 Å². The summed E-state index contributed by atoms with van der Waals surface area (Å²) in [5.41, 5.74) is 0.448. The Morgan fingerprint density at radius 2 is 1.73 bits per heavy atom. The smallest absolute Gasteiger partial charge is 0.425 e. The summed E-state index contributed by atoms with van der Waals surface area (Å²) in [7, 11) is 0. The Hall–Kier alpha value is -0.970. The molecule has 0 spiro atoms. The van der Waals surface area contributed by atoms with E-state index in [1.54, 1.807) is 24.3 Å². The van der Waals surface area contributed by atoms with Gasteiger partial charge in [-0.1, -0.05) is 57.6 Å². The summed E-state index contributed by atoms with van der Waals surface area (Å²) in [6.07, 6.45) is 7.78. The molecule has 0 bridgehead atoms. The fourth-order valence-electron chi connectivity index (χ4n) is 3.55. The molecule has 0 saturated heterocycles. The van der Waals surface area contributed by atoms with E-state index in [0.717, 1.165) is 19.3 Å². The second-order valence-corrected chi connectivity index (χ2v) is 6.98. The van der Waals surface area contributed by atoms with Crippen LogP contribution in [0.4, 0.5) is 0 Å². The zero-order valence-corrected chi connectivity index (χ0v) is 18.3. The van der Waals surface area contributed by atoms with Crippen LogP contribution in [0.3, 0.4) is 0 Å². The van der Waals surface area contributed by atoms with Crippen LogP contribution in [0, 0.1) is 11.8 Å². The molecule has 0 amide bonds. The maximum Gasteiger partial charge on any atom is 1.00 e. The van der Waals surface area contributed by atoms with E-state index < -0.39 is 11.9 Å². The first-order chi connectivity index (χ1) is 12.0. The number of fused-ring (bicyclic) bond motifs is 1. The molecule has 1 aromatic carbocycles. The molecule has 0 radical (unpaired) electrons. The van der Waals surface area contributed by atoms with Gasteiger partial charge in [-0.3, -0.25) is 9.59 Å². The number of carbonyl (C=O) groups excluding carboxylic acids is 3. The average molecular weight is 367 g/mol. The number of esters is 1. The van der Waals surface area contributed by atoms with Gasteiger partial charge in [-0.25, -0.2) is 0 Å². The molecule has 1 aliphatic heterocycles. The molecule has 2 unspecified atom stereocenters. The van der Waals surface area contributed by atoms with Crippen molar-refractivity contribution in [2.24, 2.45) is 11.8 Å². The molecule has 0 aliphatic carbocycles. The predicted octanol–water partition coefficient (Wildman–Crippen LogP) is 1.75. The van der Waals surface area contributed by atoms with Gasteiger partial charge in [0.1, 0.15) is 17.5 Å². The quantitative estimate of drug-likeness (QED) is 0.208. The molecular weight excluding hydrogens is 339 g/mol. The van der Waals surface area contributed by atoms with E-state index in [0.29, 0.717) is 17.7 Å². The number of ether oxygens (including phenoxy) is 1.